The molecule has 4 heteroatoms. The molecule has 51 heavy (non-hydrogen) atoms. The lowest BCUT2D eigenvalue weighted by molar-refractivity contribution is 0.620. The van der Waals surface area contributed by atoms with Gasteiger partial charge in [0.05, 0.1) is 5.69 Å². The van der Waals surface area contributed by atoms with E-state index in [9.17, 15) is 0 Å². The zero-order valence-corrected chi connectivity index (χ0v) is 28.3. The van der Waals surface area contributed by atoms with Crippen molar-refractivity contribution in [2.75, 3.05) is 4.90 Å². The molecule has 0 aliphatic heterocycles. The Hall–Kier alpha value is -6.49. The highest BCUT2D eigenvalue weighted by molar-refractivity contribution is 7.25. The van der Waals surface area contributed by atoms with E-state index in [0.717, 1.165) is 33.7 Å². The van der Waals surface area contributed by atoms with Gasteiger partial charge in [-0.2, -0.15) is 0 Å². The molecule has 0 saturated carbocycles. The fourth-order valence-electron chi connectivity index (χ4n) is 7.16. The van der Waals surface area contributed by atoms with Gasteiger partial charge in [0.2, 0.25) is 5.89 Å². The van der Waals surface area contributed by atoms with Crippen LogP contribution in [-0.2, 0) is 0 Å². The molecule has 0 amide bonds. The second kappa shape index (κ2) is 12.1. The maximum absolute atomic E-state index is 6.24. The number of hydrogen-bond acceptors (Lipinski definition) is 4. The van der Waals surface area contributed by atoms with E-state index in [1.165, 1.54) is 53.2 Å². The van der Waals surface area contributed by atoms with Crippen LogP contribution in [0.25, 0.3) is 75.8 Å². The molecule has 0 spiro atoms. The Morgan fingerprint density at radius 2 is 1.12 bits per heavy atom. The molecular formula is C47H30N2OS. The minimum Gasteiger partial charge on any atom is -0.436 e. The van der Waals surface area contributed by atoms with Crippen molar-refractivity contribution in [1.29, 1.82) is 0 Å². The number of fused-ring (bicyclic) bond motifs is 5. The highest BCUT2D eigenvalue weighted by atomic mass is 32.1. The summed E-state index contributed by atoms with van der Waals surface area (Å²) in [5.41, 5.74) is 10.7. The van der Waals surface area contributed by atoms with Gasteiger partial charge in [-0.15, -0.1) is 11.3 Å². The third-order valence-electron chi connectivity index (χ3n) is 9.68. The van der Waals surface area contributed by atoms with Crippen LogP contribution in [0.15, 0.2) is 186 Å². The van der Waals surface area contributed by atoms with Crippen molar-refractivity contribution in [3.63, 3.8) is 0 Å². The molecule has 0 atom stereocenters. The lowest BCUT2D eigenvalue weighted by Crippen LogP contribution is -2.11. The van der Waals surface area contributed by atoms with E-state index in [1.807, 2.05) is 30.3 Å². The first-order valence-electron chi connectivity index (χ1n) is 17.1. The first-order chi connectivity index (χ1) is 25.2. The molecule has 0 radical (unpaired) electrons. The summed E-state index contributed by atoms with van der Waals surface area (Å²) < 4.78 is 8.65. The SMILES string of the molecule is c1ccc(-c2nc3cc4c(cc3o2)sc2ccc(N(c3ccc(-c5ccc6ccccc6c5)cc3)c3ccccc3-c3ccccc3)cc24)cc1. The van der Waals surface area contributed by atoms with Crippen LogP contribution in [0.5, 0.6) is 0 Å². The number of hydrogen-bond donors (Lipinski definition) is 0. The Balaban J connectivity index is 1.12. The first kappa shape index (κ1) is 29.4. The number of aromatic nitrogens is 1. The van der Waals surface area contributed by atoms with Gasteiger partial charge >= 0.3 is 0 Å². The number of rotatable bonds is 6. The molecule has 0 saturated heterocycles. The van der Waals surface area contributed by atoms with Gasteiger partial charge < -0.3 is 9.32 Å². The van der Waals surface area contributed by atoms with Crippen LogP contribution in [0.4, 0.5) is 17.1 Å². The summed E-state index contributed by atoms with van der Waals surface area (Å²) in [7, 11) is 0. The largest absolute Gasteiger partial charge is 0.436 e. The van der Waals surface area contributed by atoms with E-state index in [1.54, 1.807) is 11.3 Å². The van der Waals surface area contributed by atoms with Crippen LogP contribution < -0.4 is 4.90 Å². The maximum Gasteiger partial charge on any atom is 0.227 e. The standard InChI is InChI=1S/C47H30N2OS/c1-3-12-33(13-4-1)39-17-9-10-18-43(39)49(37-23-21-32(22-24-37)36-20-19-31-11-7-8-16-35(31)27-36)38-25-26-45-40(28-38)41-29-42-44(30-46(41)51-45)50-47(48-42)34-14-5-2-6-15-34/h1-30H. The lowest BCUT2D eigenvalue weighted by Gasteiger charge is -2.28. The fraction of sp³-hybridized carbons (Fsp3) is 0. The van der Waals surface area contributed by atoms with Crippen molar-refractivity contribution in [1.82, 2.24) is 4.98 Å². The summed E-state index contributed by atoms with van der Waals surface area (Å²) in [4.78, 5) is 7.28. The first-order valence-corrected chi connectivity index (χ1v) is 17.9. The van der Waals surface area contributed by atoms with E-state index < -0.39 is 0 Å². The van der Waals surface area contributed by atoms with Gasteiger partial charge in [0.1, 0.15) is 5.52 Å². The highest BCUT2D eigenvalue weighted by Crippen LogP contribution is 2.45. The molecule has 0 N–H and O–H groups in total. The summed E-state index contributed by atoms with van der Waals surface area (Å²) in [5.74, 6) is 0.643. The van der Waals surface area contributed by atoms with Crippen LogP contribution in [0, 0.1) is 0 Å². The van der Waals surface area contributed by atoms with E-state index in [0.29, 0.717) is 5.89 Å². The van der Waals surface area contributed by atoms with Crippen molar-refractivity contribution in [2.45, 2.75) is 0 Å². The van der Waals surface area contributed by atoms with Gasteiger partial charge in [0, 0.05) is 48.7 Å². The molecule has 10 rings (SSSR count). The average molecular weight is 671 g/mol. The maximum atomic E-state index is 6.24. The van der Waals surface area contributed by atoms with Gasteiger partial charge in [-0.25, -0.2) is 4.98 Å². The summed E-state index contributed by atoms with van der Waals surface area (Å²) in [5, 5.41) is 4.88. The Bertz CT molecular complexity index is 2850. The predicted molar refractivity (Wildman–Crippen MR) is 215 cm³/mol. The van der Waals surface area contributed by atoms with E-state index in [4.69, 9.17) is 9.40 Å². The third kappa shape index (κ3) is 5.25. The molecule has 2 heterocycles. The quantitative estimate of drug-likeness (QED) is 0.176. The van der Waals surface area contributed by atoms with Gasteiger partial charge in [0.25, 0.3) is 0 Å². The highest BCUT2D eigenvalue weighted by Gasteiger charge is 2.19. The number of para-hydroxylation sites is 1. The van der Waals surface area contributed by atoms with Crippen molar-refractivity contribution in [3.8, 4) is 33.7 Å². The second-order valence-electron chi connectivity index (χ2n) is 12.8. The van der Waals surface area contributed by atoms with Crippen LogP contribution in [-0.4, -0.2) is 4.98 Å². The second-order valence-corrected chi connectivity index (χ2v) is 13.9. The smallest absolute Gasteiger partial charge is 0.227 e. The lowest BCUT2D eigenvalue weighted by atomic mass is 9.99. The summed E-state index contributed by atoms with van der Waals surface area (Å²) in [6.07, 6.45) is 0. The van der Waals surface area contributed by atoms with Crippen molar-refractivity contribution >= 4 is 70.4 Å². The Morgan fingerprint density at radius 3 is 1.94 bits per heavy atom. The van der Waals surface area contributed by atoms with Crippen molar-refractivity contribution in [3.05, 3.63) is 182 Å². The molecular weight excluding hydrogens is 641 g/mol. The molecule has 8 aromatic carbocycles. The van der Waals surface area contributed by atoms with Gasteiger partial charge in [-0.1, -0.05) is 115 Å². The van der Waals surface area contributed by atoms with Crippen LogP contribution in [0.2, 0.25) is 0 Å². The number of oxazole rings is 1. The number of anilines is 3. The minimum absolute atomic E-state index is 0.643. The number of thiophene rings is 1. The summed E-state index contributed by atoms with van der Waals surface area (Å²) in [6, 6.07) is 64.7. The summed E-state index contributed by atoms with van der Waals surface area (Å²) >= 11 is 1.79. The molecule has 0 fully saturated rings. The molecule has 0 aliphatic carbocycles. The topological polar surface area (TPSA) is 29.3 Å². The normalized spacial score (nSPS) is 11.5. The van der Waals surface area contributed by atoms with Crippen molar-refractivity contribution < 1.29 is 4.42 Å². The molecule has 240 valence electrons. The molecule has 10 aromatic rings. The van der Waals surface area contributed by atoms with Crippen molar-refractivity contribution in [2.24, 2.45) is 0 Å². The number of nitrogens with zero attached hydrogens (tertiary/aromatic N) is 2. The van der Waals surface area contributed by atoms with E-state index >= 15 is 0 Å². The predicted octanol–water partition coefficient (Wildman–Crippen LogP) is 13.8. The molecule has 0 bridgehead atoms. The Morgan fingerprint density at radius 1 is 0.451 bits per heavy atom. The minimum atomic E-state index is 0.643. The fourth-order valence-corrected chi connectivity index (χ4v) is 8.26. The number of benzene rings is 8. The summed E-state index contributed by atoms with van der Waals surface area (Å²) in [6.45, 7) is 0. The zero-order chi connectivity index (χ0) is 33.7. The third-order valence-corrected chi connectivity index (χ3v) is 10.8. The van der Waals surface area contributed by atoms with Gasteiger partial charge in [-0.3, -0.25) is 0 Å². The average Bonchev–Trinajstić information content (AvgIpc) is 3.78. The Labute approximate surface area is 299 Å². The molecule has 3 nitrogen and oxygen atoms in total. The monoisotopic (exact) mass is 670 g/mol. The Kier molecular flexibility index (Phi) is 7.00. The van der Waals surface area contributed by atoms with Gasteiger partial charge in [0.15, 0.2) is 5.58 Å². The molecule has 0 aliphatic rings. The van der Waals surface area contributed by atoms with E-state index in [2.05, 4.69) is 157 Å². The van der Waals surface area contributed by atoms with Crippen LogP contribution >= 0.6 is 11.3 Å². The zero-order valence-electron chi connectivity index (χ0n) is 27.5. The molecule has 0 unspecified atom stereocenters. The van der Waals surface area contributed by atoms with E-state index in [-0.39, 0.29) is 0 Å². The van der Waals surface area contributed by atoms with Crippen LogP contribution in [0.1, 0.15) is 0 Å². The van der Waals surface area contributed by atoms with Gasteiger partial charge in [-0.05, 0) is 88.1 Å². The molecule has 2 aromatic heterocycles. The van der Waals surface area contributed by atoms with Crippen LogP contribution in [0.3, 0.4) is 0 Å².